The molecule has 3 heterocycles. The van der Waals surface area contributed by atoms with Crippen LogP contribution in [0.5, 0.6) is 0 Å². The van der Waals surface area contributed by atoms with Crippen molar-refractivity contribution in [3.8, 4) is 23.0 Å². The molecule has 2 aromatic carbocycles. The topological polar surface area (TPSA) is 233 Å². The summed E-state index contributed by atoms with van der Waals surface area (Å²) in [5.74, 6) is -6.38. The number of hydrogen-bond acceptors (Lipinski definition) is 11. The van der Waals surface area contributed by atoms with E-state index >= 15 is 8.78 Å². The summed E-state index contributed by atoms with van der Waals surface area (Å²) in [5, 5.41) is 8.31. The maximum atomic E-state index is 15.6. The largest absolute Gasteiger partial charge is 0.448 e. The van der Waals surface area contributed by atoms with Crippen LogP contribution in [-0.2, 0) is 65.6 Å². The second kappa shape index (κ2) is 19.4. The van der Waals surface area contributed by atoms with Crippen molar-refractivity contribution in [3.63, 3.8) is 0 Å². The van der Waals surface area contributed by atoms with Gasteiger partial charge in [-0.1, -0.05) is 23.6 Å². The van der Waals surface area contributed by atoms with Crippen LogP contribution >= 0.6 is 19.2 Å². The highest BCUT2D eigenvalue weighted by atomic mass is 35.5. The Morgan fingerprint density at radius 2 is 1.62 bits per heavy atom. The highest BCUT2D eigenvalue weighted by molar-refractivity contribution is 7.93. The zero-order valence-electron chi connectivity index (χ0n) is 38.5. The van der Waals surface area contributed by atoms with Crippen molar-refractivity contribution in [2.45, 2.75) is 81.2 Å². The van der Waals surface area contributed by atoms with Gasteiger partial charge in [0.25, 0.3) is 5.92 Å². The Morgan fingerprint density at radius 3 is 2.20 bits per heavy atom. The summed E-state index contributed by atoms with van der Waals surface area (Å²) in [6, 6.07) is 4.42. The van der Waals surface area contributed by atoms with Gasteiger partial charge in [-0.2, -0.15) is 49.6 Å². The number of amides is 2. The molecule has 17 nitrogen and oxygen atoms in total. The molecule has 0 aliphatic heterocycles. The van der Waals surface area contributed by atoms with E-state index in [1.54, 1.807) is 0 Å². The van der Waals surface area contributed by atoms with Crippen LogP contribution in [0.3, 0.4) is 0 Å². The molecule has 400 valence electrons. The van der Waals surface area contributed by atoms with Gasteiger partial charge in [-0.3, -0.25) is 18.7 Å². The second-order valence-corrected chi connectivity index (χ2v) is 24.5. The number of carbonyl (C=O) groups is 2. The molecule has 0 spiro atoms. The number of rotatable bonds is 15. The minimum atomic E-state index is -5.25. The quantitative estimate of drug-likeness (QED) is 0.0394. The predicted octanol–water partition coefficient (Wildman–Crippen LogP) is 7.76. The number of fused-ring (bicyclic) bond motifs is 4. The van der Waals surface area contributed by atoms with E-state index in [0.29, 0.717) is 12.3 Å². The summed E-state index contributed by atoms with van der Waals surface area (Å²) < 4.78 is 213. The van der Waals surface area contributed by atoms with Crippen molar-refractivity contribution in [3.05, 3.63) is 93.0 Å². The van der Waals surface area contributed by atoms with Gasteiger partial charge in [0.1, 0.15) is 40.9 Å². The van der Waals surface area contributed by atoms with E-state index in [9.17, 15) is 75.9 Å². The highest BCUT2D eigenvalue weighted by Crippen LogP contribution is 2.68. The molecule has 1 fully saturated rings. The van der Waals surface area contributed by atoms with E-state index in [-0.39, 0.29) is 36.9 Å². The number of ether oxygens (including phenoxy) is 1. The van der Waals surface area contributed by atoms with Crippen molar-refractivity contribution < 1.29 is 89.4 Å². The van der Waals surface area contributed by atoms with E-state index in [2.05, 4.69) is 32.3 Å². The Kier molecular flexibility index (Phi) is 14.7. The van der Waals surface area contributed by atoms with Crippen molar-refractivity contribution in [1.29, 1.82) is 0 Å². The Bertz CT molecular complexity index is 3440. The molecule has 0 saturated heterocycles. The summed E-state index contributed by atoms with van der Waals surface area (Å²) >= 11 is 6.58. The van der Waals surface area contributed by atoms with Gasteiger partial charge in [0.15, 0.2) is 21.3 Å². The minimum absolute atomic E-state index is 0.165. The van der Waals surface area contributed by atoms with Crippen molar-refractivity contribution in [2.75, 3.05) is 29.6 Å². The number of anilines is 1. The minimum Gasteiger partial charge on any atom is -0.448 e. The summed E-state index contributed by atoms with van der Waals surface area (Å²) in [6.07, 6.45) is -13.4. The molecule has 1 saturated carbocycles. The first-order valence-electron chi connectivity index (χ1n) is 21.4. The SMILES string of the molecule is CC(C)(C#Cc1ccc(-c2ccc(Cl)c3c(N(C(=O)OCCCP(=O)(O)O)S(C)(=O)=O)nn(CC(F)(F)F)c23)c(C(Cc2cc(F)cc(F)c2)NC(=O)Cn2nc(C(F)(F)F)c3c2C(F)(F)[C@@H]2C[C@H]32)n1)S(C)(=O)=O. The fourth-order valence-corrected chi connectivity index (χ4v) is 10.0. The number of hydrogen-bond donors (Lipinski definition) is 3. The first kappa shape index (κ1) is 55.9. The number of nitrogens with zero attached hydrogens (tertiary/aromatic N) is 6. The molecular weight excluding hydrogens is 1100 g/mol. The fraction of sp³-hybridized carbons (Fsp3) is 0.419. The number of pyridine rings is 1. The number of carbonyl (C=O) groups excluding carboxylic acids is 2. The molecule has 2 aliphatic carbocycles. The van der Waals surface area contributed by atoms with Crippen LogP contribution in [-0.4, -0.2) is 99.4 Å². The van der Waals surface area contributed by atoms with Crippen molar-refractivity contribution >= 4 is 67.8 Å². The van der Waals surface area contributed by atoms with E-state index in [4.69, 9.17) is 16.3 Å². The lowest BCUT2D eigenvalue weighted by atomic mass is 9.93. The molecule has 7 rings (SSSR count). The molecule has 5 aromatic rings. The zero-order valence-corrected chi connectivity index (χ0v) is 41.8. The van der Waals surface area contributed by atoms with Gasteiger partial charge in [0.2, 0.25) is 15.9 Å². The molecular formula is C43H39ClF10N7O10PS2. The smallest absolute Gasteiger partial charge is 0.435 e. The number of benzene rings is 2. The third-order valence-electron chi connectivity index (χ3n) is 11.8. The molecule has 3 N–H and O–H groups in total. The summed E-state index contributed by atoms with van der Waals surface area (Å²) in [5.41, 5.74) is -6.31. The lowest BCUT2D eigenvalue weighted by Crippen LogP contribution is -2.37. The van der Waals surface area contributed by atoms with Crippen LogP contribution in [0.4, 0.5) is 54.5 Å². The van der Waals surface area contributed by atoms with Crippen molar-refractivity contribution in [2.24, 2.45) is 5.92 Å². The maximum absolute atomic E-state index is 15.6. The lowest BCUT2D eigenvalue weighted by Gasteiger charge is -2.23. The van der Waals surface area contributed by atoms with Gasteiger partial charge in [-0.15, -0.1) is 0 Å². The maximum Gasteiger partial charge on any atom is 0.435 e. The first-order valence-corrected chi connectivity index (χ1v) is 27.3. The van der Waals surface area contributed by atoms with E-state index < -0.39 is 181 Å². The molecule has 2 amide bonds. The highest BCUT2D eigenvalue weighted by Gasteiger charge is 2.68. The standard InChI is InChI=1S/C43H39ClF10N7O10PS2/c1-40(2,73(3,67)68)11-10-24-6-7-25(26-8-9-29(44)33-35(26)60(20-41(47,48)49)58-38(33)61(74(4,69)70)39(63)71-12-5-13-72(64,65)66)34(55-24)30(16-21-14-22(45)17-23(46)15-21)56-31(62)19-59-37-32(36(57-59)43(52,53)54)27-18-28(27)42(37,50)51/h6-9,14-15,17,27-28,30H,5,12-13,16,18-20H2,1-4H3,(H,56,62)(H2,64,65,66)/t27-,28+,30?/m0/s1. The zero-order chi connectivity index (χ0) is 55.1. The van der Waals surface area contributed by atoms with Gasteiger partial charge in [-0.25, -0.2) is 35.4 Å². The molecule has 1 unspecified atom stereocenters. The third kappa shape index (κ3) is 11.8. The average molecular weight is 1130 g/mol. The molecule has 74 heavy (non-hydrogen) atoms. The van der Waals surface area contributed by atoms with Gasteiger partial charge in [0, 0.05) is 34.9 Å². The number of sulfone groups is 1. The molecule has 0 bridgehead atoms. The Balaban J connectivity index is 1.46. The van der Waals surface area contributed by atoms with Gasteiger partial charge < -0.3 is 19.8 Å². The van der Waals surface area contributed by atoms with Crippen LogP contribution < -0.4 is 9.62 Å². The Morgan fingerprint density at radius 1 is 0.986 bits per heavy atom. The predicted molar refractivity (Wildman–Crippen MR) is 243 cm³/mol. The van der Waals surface area contributed by atoms with Crippen LogP contribution in [0, 0.1) is 29.4 Å². The molecule has 0 radical (unpaired) electrons. The van der Waals surface area contributed by atoms with E-state index in [1.165, 1.54) is 13.8 Å². The van der Waals surface area contributed by atoms with Gasteiger partial charge in [0.05, 0.1) is 46.7 Å². The molecule has 31 heteroatoms. The Labute approximate surface area is 418 Å². The van der Waals surface area contributed by atoms with E-state index in [0.717, 1.165) is 42.7 Å². The monoisotopic (exact) mass is 1130 g/mol. The van der Waals surface area contributed by atoms with Gasteiger partial charge in [-0.05, 0) is 80.8 Å². The molecule has 3 atom stereocenters. The number of alkyl halides is 8. The number of nitrogens with one attached hydrogen (secondary N) is 1. The number of aromatic nitrogens is 5. The fourth-order valence-electron chi connectivity index (χ4n) is 8.27. The van der Waals surface area contributed by atoms with Crippen LogP contribution in [0.1, 0.15) is 72.6 Å². The molecule has 2 aliphatic rings. The second-order valence-electron chi connectivity index (χ2n) is 17.9. The summed E-state index contributed by atoms with van der Waals surface area (Å²) in [4.78, 5) is 50.5. The first-order chi connectivity index (χ1) is 33.9. The van der Waals surface area contributed by atoms with Crippen LogP contribution in [0.15, 0.2) is 42.5 Å². The summed E-state index contributed by atoms with van der Waals surface area (Å²) in [6.45, 7) is -1.78. The number of halogens is 11. The Hall–Kier alpha value is -5.79. The summed E-state index contributed by atoms with van der Waals surface area (Å²) in [7, 11) is -13.5. The number of sulfonamides is 1. The van der Waals surface area contributed by atoms with Crippen LogP contribution in [0.25, 0.3) is 22.0 Å². The average Bonchev–Trinajstić information content (AvgIpc) is 3.75. The molecule has 3 aromatic heterocycles. The van der Waals surface area contributed by atoms with Gasteiger partial charge >= 0.3 is 26.0 Å². The van der Waals surface area contributed by atoms with Crippen LogP contribution in [0.2, 0.25) is 5.02 Å². The van der Waals surface area contributed by atoms with Crippen molar-refractivity contribution in [1.82, 2.24) is 29.9 Å². The normalized spacial score (nSPS) is 17.0. The lowest BCUT2D eigenvalue weighted by molar-refractivity contribution is -0.143. The third-order valence-corrected chi connectivity index (χ3v) is 16.0. The van der Waals surface area contributed by atoms with E-state index in [1.807, 2.05) is 0 Å².